The Labute approximate surface area is 124 Å². The minimum absolute atomic E-state index is 0.0995. The van der Waals surface area contributed by atoms with Gasteiger partial charge in [-0.1, -0.05) is 0 Å². The molecule has 0 aliphatic carbocycles. The summed E-state index contributed by atoms with van der Waals surface area (Å²) in [4.78, 5) is 23.8. The van der Waals surface area contributed by atoms with E-state index in [0.717, 1.165) is 0 Å². The van der Waals surface area contributed by atoms with Gasteiger partial charge >= 0.3 is 5.97 Å². The molecular formula is C12H22N2O6S. The molecule has 0 atom stereocenters. The van der Waals surface area contributed by atoms with Crippen LogP contribution < -0.4 is 0 Å². The Bertz CT molecular complexity index is 458. The van der Waals surface area contributed by atoms with E-state index in [9.17, 15) is 18.0 Å². The molecule has 1 heterocycles. The molecular weight excluding hydrogens is 300 g/mol. The zero-order chi connectivity index (χ0) is 15.9. The highest BCUT2D eigenvalue weighted by molar-refractivity contribution is 7.89. The predicted octanol–water partition coefficient (Wildman–Crippen LogP) is -0.638. The minimum atomic E-state index is -3.46. The first kappa shape index (κ1) is 17.9. The number of carbonyl (C=O) groups is 2. The topological polar surface area (TPSA) is 104 Å². The number of hydrogen-bond donors (Lipinski definition) is 1. The molecule has 8 nitrogen and oxygen atoms in total. The smallest absolute Gasteiger partial charge is 0.305 e. The second kappa shape index (κ2) is 8.30. The highest BCUT2D eigenvalue weighted by Crippen LogP contribution is 2.08. The predicted molar refractivity (Wildman–Crippen MR) is 75.3 cm³/mol. The van der Waals surface area contributed by atoms with Crippen molar-refractivity contribution in [2.24, 2.45) is 0 Å². The number of morpholine rings is 1. The quantitative estimate of drug-likeness (QED) is 0.637. The fourth-order valence-corrected chi connectivity index (χ4v) is 3.41. The van der Waals surface area contributed by atoms with Crippen LogP contribution in [0, 0.1) is 0 Å². The number of amides is 1. The zero-order valence-electron chi connectivity index (χ0n) is 12.2. The molecule has 1 saturated heterocycles. The summed E-state index contributed by atoms with van der Waals surface area (Å²) < 4.78 is 30.6. The Morgan fingerprint density at radius 3 is 2.38 bits per heavy atom. The number of carboxylic acids is 1. The summed E-state index contributed by atoms with van der Waals surface area (Å²) in [7, 11) is -3.46. The normalized spacial score (nSPS) is 16.6. The van der Waals surface area contributed by atoms with Gasteiger partial charge in [0.25, 0.3) is 0 Å². The Kier molecular flexibility index (Phi) is 7.06. The Morgan fingerprint density at radius 1 is 1.24 bits per heavy atom. The van der Waals surface area contributed by atoms with Crippen LogP contribution in [0.3, 0.4) is 0 Å². The first-order valence-corrected chi connectivity index (χ1v) is 8.53. The molecule has 0 aromatic heterocycles. The maximum atomic E-state index is 12.1. The molecule has 0 aromatic rings. The summed E-state index contributed by atoms with van der Waals surface area (Å²) in [6, 6.07) is 0. The average Bonchev–Trinajstić information content (AvgIpc) is 2.46. The van der Waals surface area contributed by atoms with E-state index in [2.05, 4.69) is 0 Å². The summed E-state index contributed by atoms with van der Waals surface area (Å²) in [6.07, 6.45) is -0.275. The van der Waals surface area contributed by atoms with Crippen molar-refractivity contribution >= 4 is 21.9 Å². The largest absolute Gasteiger partial charge is 0.481 e. The number of nitrogens with zero attached hydrogens (tertiary/aromatic N) is 2. The summed E-state index contributed by atoms with van der Waals surface area (Å²) in [6.45, 7) is 3.56. The van der Waals surface area contributed by atoms with Crippen LogP contribution in [0.5, 0.6) is 0 Å². The molecule has 1 fully saturated rings. The van der Waals surface area contributed by atoms with Gasteiger partial charge in [-0.3, -0.25) is 9.59 Å². The highest BCUT2D eigenvalue weighted by atomic mass is 32.2. The van der Waals surface area contributed by atoms with Crippen LogP contribution in [-0.2, 0) is 24.3 Å². The summed E-state index contributed by atoms with van der Waals surface area (Å²) in [5.41, 5.74) is 0. The first-order valence-electron chi connectivity index (χ1n) is 6.92. The van der Waals surface area contributed by atoms with Crippen molar-refractivity contribution in [3.63, 3.8) is 0 Å². The Hall–Kier alpha value is -1.19. The summed E-state index contributed by atoms with van der Waals surface area (Å²) in [5.74, 6) is -1.58. The van der Waals surface area contributed by atoms with Crippen molar-refractivity contribution in [2.75, 3.05) is 45.1 Å². The van der Waals surface area contributed by atoms with E-state index in [0.29, 0.717) is 32.8 Å². The molecule has 122 valence electrons. The highest BCUT2D eigenvalue weighted by Gasteiger charge is 2.25. The van der Waals surface area contributed by atoms with E-state index in [1.165, 1.54) is 9.21 Å². The number of rotatable bonds is 8. The number of carbonyl (C=O) groups excluding carboxylic acids is 1. The lowest BCUT2D eigenvalue weighted by atomic mass is 10.3. The third-order valence-electron chi connectivity index (χ3n) is 3.27. The van der Waals surface area contributed by atoms with Gasteiger partial charge in [0, 0.05) is 32.6 Å². The van der Waals surface area contributed by atoms with Crippen molar-refractivity contribution in [3.05, 3.63) is 0 Å². The zero-order valence-corrected chi connectivity index (χ0v) is 13.0. The van der Waals surface area contributed by atoms with Crippen molar-refractivity contribution < 1.29 is 27.9 Å². The van der Waals surface area contributed by atoms with E-state index < -0.39 is 16.0 Å². The SMILES string of the molecule is CCN(CCC(=O)O)C(=O)CCS(=O)(=O)N1CCOCC1. The molecule has 0 radical (unpaired) electrons. The Morgan fingerprint density at radius 2 is 1.86 bits per heavy atom. The molecule has 0 aromatic carbocycles. The van der Waals surface area contributed by atoms with Crippen LogP contribution in [-0.4, -0.2) is 79.8 Å². The van der Waals surface area contributed by atoms with E-state index in [1.54, 1.807) is 6.92 Å². The van der Waals surface area contributed by atoms with Gasteiger partial charge in [-0.15, -0.1) is 0 Å². The lowest BCUT2D eigenvalue weighted by Gasteiger charge is -2.26. The van der Waals surface area contributed by atoms with Crippen molar-refractivity contribution in [1.82, 2.24) is 9.21 Å². The van der Waals surface area contributed by atoms with Crippen molar-refractivity contribution in [1.29, 1.82) is 0 Å². The van der Waals surface area contributed by atoms with Gasteiger partial charge in [0.2, 0.25) is 15.9 Å². The molecule has 0 unspecified atom stereocenters. The molecule has 1 rings (SSSR count). The molecule has 9 heteroatoms. The van der Waals surface area contributed by atoms with Crippen LogP contribution in [0.2, 0.25) is 0 Å². The molecule has 21 heavy (non-hydrogen) atoms. The standard InChI is InChI=1S/C12H22N2O6S/c1-2-13(5-3-12(16)17)11(15)4-10-21(18,19)14-6-8-20-9-7-14/h2-10H2,1H3,(H,16,17). The number of sulfonamides is 1. The second-order valence-electron chi connectivity index (χ2n) is 4.69. The van der Waals surface area contributed by atoms with Crippen LogP contribution in [0.4, 0.5) is 0 Å². The Balaban J connectivity index is 2.47. The fourth-order valence-electron chi connectivity index (χ4n) is 2.02. The minimum Gasteiger partial charge on any atom is -0.481 e. The molecule has 1 N–H and O–H groups in total. The van der Waals surface area contributed by atoms with Gasteiger partial charge in [-0.2, -0.15) is 4.31 Å². The summed E-state index contributed by atoms with van der Waals surface area (Å²) >= 11 is 0. The number of carboxylic acid groups (broad SMARTS) is 1. The van der Waals surface area contributed by atoms with Gasteiger partial charge in [0.15, 0.2) is 0 Å². The van der Waals surface area contributed by atoms with E-state index in [4.69, 9.17) is 9.84 Å². The van der Waals surface area contributed by atoms with Crippen LogP contribution in [0.25, 0.3) is 0 Å². The maximum absolute atomic E-state index is 12.1. The van der Waals surface area contributed by atoms with Gasteiger partial charge < -0.3 is 14.7 Å². The van der Waals surface area contributed by atoms with Crippen LogP contribution in [0.1, 0.15) is 19.8 Å². The number of aliphatic carboxylic acids is 1. The van der Waals surface area contributed by atoms with Crippen LogP contribution in [0.15, 0.2) is 0 Å². The number of ether oxygens (including phenoxy) is 1. The third-order valence-corrected chi connectivity index (χ3v) is 5.14. The lowest BCUT2D eigenvalue weighted by Crippen LogP contribution is -2.43. The van der Waals surface area contributed by atoms with Gasteiger partial charge in [-0.25, -0.2) is 8.42 Å². The van der Waals surface area contributed by atoms with E-state index >= 15 is 0 Å². The molecule has 1 amide bonds. The first-order chi connectivity index (χ1) is 9.86. The molecule has 1 aliphatic heterocycles. The second-order valence-corrected chi connectivity index (χ2v) is 6.78. The maximum Gasteiger partial charge on any atom is 0.305 e. The monoisotopic (exact) mass is 322 g/mol. The molecule has 0 spiro atoms. The lowest BCUT2D eigenvalue weighted by molar-refractivity contribution is -0.138. The fraction of sp³-hybridized carbons (Fsp3) is 0.833. The molecule has 1 aliphatic rings. The molecule has 0 bridgehead atoms. The van der Waals surface area contributed by atoms with Crippen molar-refractivity contribution in [2.45, 2.75) is 19.8 Å². The van der Waals surface area contributed by atoms with E-state index in [1.807, 2.05) is 0 Å². The van der Waals surface area contributed by atoms with Crippen molar-refractivity contribution in [3.8, 4) is 0 Å². The van der Waals surface area contributed by atoms with Gasteiger partial charge in [0.05, 0.1) is 25.4 Å². The van der Waals surface area contributed by atoms with Gasteiger partial charge in [0.1, 0.15) is 0 Å². The van der Waals surface area contributed by atoms with Gasteiger partial charge in [-0.05, 0) is 6.92 Å². The van der Waals surface area contributed by atoms with Crippen LogP contribution >= 0.6 is 0 Å². The third kappa shape index (κ3) is 5.98. The van der Waals surface area contributed by atoms with E-state index in [-0.39, 0.29) is 31.0 Å². The summed E-state index contributed by atoms with van der Waals surface area (Å²) in [5, 5.41) is 8.62. The number of hydrogen-bond acceptors (Lipinski definition) is 5. The molecule has 0 saturated carbocycles. The average molecular weight is 322 g/mol.